The molecule has 3 unspecified atom stereocenters. The standard InChI is InChI=1S/C74H137N2O7P/c1-7-10-13-16-19-22-25-28-30-32-34-36-37-38-39-41-42-44-46-48-51-54-57-60-63-66-73(77)75-71(70-82-84(79,80)81-69-68-76(4,5)6)72(65-62-59-56-53-50-27-24-21-18-15-12-9-3)83-74(78)67-64-61-58-55-52-49-47-45-43-40-35-33-31-29-26-23-20-17-14-11-8-2/h11,14,20,23,29,31,35,40,45,47,62,65,71-72H,7-10,12-13,15-19,21-22,24-28,30,32-34,36-39,41-44,46,48-61,63-64,66-70H2,1-6H3,(H-,75,77,79,80)/p+1/b14-11-,23-20-,31-29-,40-35-,47-45-,65-62+. The van der Waals surface area contributed by atoms with Gasteiger partial charge in [0.1, 0.15) is 19.3 Å². The lowest BCUT2D eigenvalue weighted by atomic mass is 10.0. The predicted molar refractivity (Wildman–Crippen MR) is 365 cm³/mol. The van der Waals surface area contributed by atoms with Crippen LogP contribution in [0.3, 0.4) is 0 Å². The first-order chi connectivity index (χ1) is 40.9. The average Bonchev–Trinajstić information content (AvgIpc) is 3.65. The number of phosphoric ester groups is 1. The molecule has 0 aromatic carbocycles. The highest BCUT2D eigenvalue weighted by Gasteiger charge is 2.30. The van der Waals surface area contributed by atoms with E-state index in [-0.39, 0.29) is 31.5 Å². The van der Waals surface area contributed by atoms with Gasteiger partial charge in [-0.25, -0.2) is 4.57 Å². The van der Waals surface area contributed by atoms with E-state index < -0.39 is 20.0 Å². The Bertz CT molecular complexity index is 1670. The van der Waals surface area contributed by atoms with Crippen LogP contribution in [0.2, 0.25) is 0 Å². The zero-order valence-electron chi connectivity index (χ0n) is 56.1. The molecule has 0 rings (SSSR count). The molecule has 0 spiro atoms. The van der Waals surface area contributed by atoms with Crippen molar-refractivity contribution in [2.45, 2.75) is 348 Å². The van der Waals surface area contributed by atoms with E-state index in [0.29, 0.717) is 23.9 Å². The highest BCUT2D eigenvalue weighted by Crippen LogP contribution is 2.43. The van der Waals surface area contributed by atoms with Crippen LogP contribution in [0.15, 0.2) is 72.9 Å². The van der Waals surface area contributed by atoms with Crippen LogP contribution in [-0.2, 0) is 27.9 Å². The van der Waals surface area contributed by atoms with Gasteiger partial charge in [-0.15, -0.1) is 0 Å². The lowest BCUT2D eigenvalue weighted by Crippen LogP contribution is -2.47. The van der Waals surface area contributed by atoms with Crippen LogP contribution in [0.4, 0.5) is 0 Å². The Balaban J connectivity index is 5.07. The molecule has 1 amide bonds. The predicted octanol–water partition coefficient (Wildman–Crippen LogP) is 22.7. The number of quaternary nitrogens is 1. The molecule has 0 fully saturated rings. The molecule has 0 heterocycles. The van der Waals surface area contributed by atoms with Crippen molar-refractivity contribution < 1.29 is 37.3 Å². The molecule has 84 heavy (non-hydrogen) atoms. The Kier molecular flexibility index (Phi) is 61.5. The van der Waals surface area contributed by atoms with Crippen molar-refractivity contribution in [3.63, 3.8) is 0 Å². The molecule has 0 radical (unpaired) electrons. The fourth-order valence-corrected chi connectivity index (χ4v) is 11.2. The van der Waals surface area contributed by atoms with Crippen LogP contribution in [0.5, 0.6) is 0 Å². The summed E-state index contributed by atoms with van der Waals surface area (Å²) in [6, 6.07) is -0.858. The largest absolute Gasteiger partial charge is 0.472 e. The van der Waals surface area contributed by atoms with Gasteiger partial charge in [-0.2, -0.15) is 0 Å². The molecule has 0 aliphatic rings. The molecular weight excluding hydrogens is 1060 g/mol. The second-order valence-electron chi connectivity index (χ2n) is 25.4. The molecule has 0 aliphatic heterocycles. The van der Waals surface area contributed by atoms with Crippen molar-refractivity contribution in [1.82, 2.24) is 5.32 Å². The van der Waals surface area contributed by atoms with Crippen LogP contribution in [0.25, 0.3) is 0 Å². The van der Waals surface area contributed by atoms with E-state index >= 15 is 0 Å². The number of phosphoric acid groups is 1. The lowest BCUT2D eigenvalue weighted by molar-refractivity contribution is -0.870. The molecule has 0 aromatic rings. The first-order valence-electron chi connectivity index (χ1n) is 35.8. The molecule has 3 atom stereocenters. The summed E-state index contributed by atoms with van der Waals surface area (Å²) in [7, 11) is 1.49. The summed E-state index contributed by atoms with van der Waals surface area (Å²) in [5.74, 6) is -0.515. The third-order valence-corrected chi connectivity index (χ3v) is 16.9. The molecule has 10 heteroatoms. The summed E-state index contributed by atoms with van der Waals surface area (Å²) in [5.41, 5.74) is 0. The maximum Gasteiger partial charge on any atom is 0.472 e. The van der Waals surface area contributed by atoms with Gasteiger partial charge in [-0.1, -0.05) is 319 Å². The van der Waals surface area contributed by atoms with Gasteiger partial charge in [0, 0.05) is 12.8 Å². The fraction of sp³-hybridized carbons (Fsp3) is 0.811. The maximum atomic E-state index is 13.6. The van der Waals surface area contributed by atoms with E-state index in [2.05, 4.69) is 86.8 Å². The monoisotopic (exact) mass is 1200 g/mol. The number of nitrogens with zero attached hydrogens (tertiary/aromatic N) is 1. The number of allylic oxidation sites excluding steroid dienone is 11. The van der Waals surface area contributed by atoms with Crippen LogP contribution in [0.1, 0.15) is 335 Å². The molecule has 2 N–H and O–H groups in total. The molecule has 0 aromatic heterocycles. The van der Waals surface area contributed by atoms with Gasteiger partial charge in [0.15, 0.2) is 0 Å². The number of likely N-dealkylation sites (N-methyl/N-ethyl adjacent to an activating group) is 1. The van der Waals surface area contributed by atoms with Crippen LogP contribution in [-0.4, -0.2) is 74.3 Å². The summed E-state index contributed by atoms with van der Waals surface area (Å²) in [5, 5.41) is 3.07. The number of unbranched alkanes of at least 4 members (excludes halogenated alkanes) is 39. The molecule has 490 valence electrons. The Morgan fingerprint density at radius 1 is 0.429 bits per heavy atom. The highest BCUT2D eigenvalue weighted by atomic mass is 31.2. The average molecular weight is 1200 g/mol. The van der Waals surface area contributed by atoms with E-state index in [1.807, 2.05) is 33.3 Å². The Labute approximate surface area is 521 Å². The Hall–Kier alpha value is -2.55. The SMILES string of the molecule is CC/C=C\C/C=C\C/C=C\C/C=C\C/C=C\CCCCCCCC(=O)OC(/C=C/CCCCCCCCCCCC)C(COP(=O)(O)OCC[N+](C)(C)C)NC(=O)CCCCCCCCCCCCCCCCCCCCCCCCCCC. The normalized spacial score (nSPS) is 13.9. The van der Waals surface area contributed by atoms with Crippen molar-refractivity contribution in [3.8, 4) is 0 Å². The number of hydrogen-bond donors (Lipinski definition) is 2. The zero-order chi connectivity index (χ0) is 61.4. The summed E-state index contributed by atoms with van der Waals surface area (Å²) < 4.78 is 30.8. The number of rotatable bonds is 65. The van der Waals surface area contributed by atoms with Crippen molar-refractivity contribution in [2.24, 2.45) is 0 Å². The molecule has 9 nitrogen and oxygen atoms in total. The summed E-state index contributed by atoms with van der Waals surface area (Å²) in [6.07, 6.45) is 83.5. The minimum absolute atomic E-state index is 0.0362. The van der Waals surface area contributed by atoms with E-state index in [0.717, 1.165) is 103 Å². The fourth-order valence-electron chi connectivity index (χ4n) is 10.4. The smallest absolute Gasteiger partial charge is 0.456 e. The number of esters is 1. The molecule has 0 aliphatic carbocycles. The number of carbonyl (C=O) groups excluding carboxylic acids is 2. The Morgan fingerprint density at radius 3 is 1.14 bits per heavy atom. The summed E-state index contributed by atoms with van der Waals surface area (Å²) in [6.45, 7) is 6.93. The minimum atomic E-state index is -4.46. The van der Waals surface area contributed by atoms with Crippen molar-refractivity contribution in [3.05, 3.63) is 72.9 Å². The number of hydrogen-bond acceptors (Lipinski definition) is 6. The van der Waals surface area contributed by atoms with E-state index in [9.17, 15) is 19.0 Å². The van der Waals surface area contributed by atoms with Gasteiger partial charge in [0.2, 0.25) is 5.91 Å². The molecular formula is C74H138N2O7P+. The quantitative estimate of drug-likeness (QED) is 0.0205. The van der Waals surface area contributed by atoms with Crippen LogP contribution in [0, 0.1) is 0 Å². The molecule has 0 saturated heterocycles. The third-order valence-electron chi connectivity index (χ3n) is 15.9. The highest BCUT2D eigenvalue weighted by molar-refractivity contribution is 7.47. The van der Waals surface area contributed by atoms with Gasteiger partial charge in [-0.3, -0.25) is 18.6 Å². The number of carbonyl (C=O) groups is 2. The Morgan fingerprint density at radius 2 is 0.762 bits per heavy atom. The number of amides is 1. The number of nitrogens with one attached hydrogen (secondary N) is 1. The maximum absolute atomic E-state index is 13.6. The second kappa shape index (κ2) is 63.5. The van der Waals surface area contributed by atoms with Gasteiger partial charge in [-0.05, 0) is 76.7 Å². The molecule has 0 bridgehead atoms. The van der Waals surface area contributed by atoms with Gasteiger partial charge >= 0.3 is 13.8 Å². The van der Waals surface area contributed by atoms with E-state index in [1.54, 1.807) is 0 Å². The minimum Gasteiger partial charge on any atom is -0.456 e. The number of ether oxygens (including phenoxy) is 1. The van der Waals surface area contributed by atoms with E-state index in [4.69, 9.17) is 13.8 Å². The third kappa shape index (κ3) is 63.9. The first kappa shape index (κ1) is 81.5. The lowest BCUT2D eigenvalue weighted by Gasteiger charge is -2.27. The zero-order valence-corrected chi connectivity index (χ0v) is 57.0. The second-order valence-corrected chi connectivity index (χ2v) is 26.8. The van der Waals surface area contributed by atoms with Crippen molar-refractivity contribution >= 4 is 19.7 Å². The van der Waals surface area contributed by atoms with Crippen LogP contribution < -0.4 is 5.32 Å². The topological polar surface area (TPSA) is 111 Å². The van der Waals surface area contributed by atoms with Gasteiger partial charge in [0.25, 0.3) is 0 Å². The van der Waals surface area contributed by atoms with E-state index in [1.165, 1.54) is 193 Å². The van der Waals surface area contributed by atoms with Crippen LogP contribution >= 0.6 is 7.82 Å². The van der Waals surface area contributed by atoms with Gasteiger partial charge < -0.3 is 19.4 Å². The summed E-state index contributed by atoms with van der Waals surface area (Å²) in [4.78, 5) is 37.9. The molecule has 0 saturated carbocycles. The first-order valence-corrected chi connectivity index (χ1v) is 37.3. The van der Waals surface area contributed by atoms with Crippen molar-refractivity contribution in [1.29, 1.82) is 0 Å². The van der Waals surface area contributed by atoms with Crippen molar-refractivity contribution in [2.75, 3.05) is 40.9 Å². The van der Waals surface area contributed by atoms with Gasteiger partial charge in [0.05, 0.1) is 33.8 Å². The summed E-state index contributed by atoms with van der Waals surface area (Å²) >= 11 is 0.